The molecule has 17 heavy (non-hydrogen) atoms. The van der Waals surface area contributed by atoms with Gasteiger partial charge in [-0.3, -0.25) is 0 Å². The van der Waals surface area contributed by atoms with E-state index in [1.54, 1.807) is 17.8 Å². The summed E-state index contributed by atoms with van der Waals surface area (Å²) in [5.41, 5.74) is 1.36. The van der Waals surface area contributed by atoms with Crippen LogP contribution >= 0.6 is 23.4 Å². The first-order chi connectivity index (χ1) is 8.15. The Bertz CT molecular complexity index is 494. The summed E-state index contributed by atoms with van der Waals surface area (Å²) in [6.45, 7) is 4.39. The molecule has 0 spiro atoms. The summed E-state index contributed by atoms with van der Waals surface area (Å²) in [6.07, 6.45) is 0. The van der Waals surface area contributed by atoms with E-state index in [0.29, 0.717) is 11.1 Å². The van der Waals surface area contributed by atoms with Gasteiger partial charge in [0.25, 0.3) is 0 Å². The van der Waals surface area contributed by atoms with Crippen molar-refractivity contribution in [3.8, 4) is 0 Å². The summed E-state index contributed by atoms with van der Waals surface area (Å²) in [4.78, 5) is 5.44. The van der Waals surface area contributed by atoms with Crippen LogP contribution < -0.4 is 0 Å². The number of nitrogens with zero attached hydrogens (tertiary/aromatic N) is 1. The van der Waals surface area contributed by atoms with Crippen molar-refractivity contribution in [3.63, 3.8) is 0 Å². The second-order valence-corrected chi connectivity index (χ2v) is 5.61. The van der Waals surface area contributed by atoms with Crippen molar-refractivity contribution in [3.05, 3.63) is 53.2 Å². The minimum Gasteiger partial charge on any atom is -0.229 e. The Hall–Kier alpha value is -0.990. The molecular weight excluding hydrogens is 250 g/mol. The van der Waals surface area contributed by atoms with Crippen molar-refractivity contribution in [1.29, 1.82) is 0 Å². The molecular formula is C14H14ClNS. The Morgan fingerprint density at radius 2 is 1.76 bits per heavy atom. The van der Waals surface area contributed by atoms with Gasteiger partial charge in [0.05, 0.1) is 0 Å². The number of hydrogen-bond donors (Lipinski definition) is 0. The van der Waals surface area contributed by atoms with Crippen LogP contribution in [-0.2, 0) is 0 Å². The third-order valence-electron chi connectivity index (χ3n) is 2.46. The lowest BCUT2D eigenvalue weighted by atomic mass is 10.0. The molecule has 1 aromatic heterocycles. The van der Waals surface area contributed by atoms with Crippen molar-refractivity contribution in [2.24, 2.45) is 0 Å². The molecule has 1 nitrogen and oxygen atoms in total. The van der Waals surface area contributed by atoms with Gasteiger partial charge in [-0.2, -0.15) is 0 Å². The molecule has 0 unspecified atom stereocenters. The standard InChI is InChI=1S/C14H14ClNS/c1-10(2)11-6-8-12(9-7-11)17-14-5-3-4-13(15)16-14/h3-10H,1-2H3. The molecule has 1 heterocycles. The molecule has 2 rings (SSSR count). The topological polar surface area (TPSA) is 12.9 Å². The maximum absolute atomic E-state index is 5.85. The quantitative estimate of drug-likeness (QED) is 0.722. The van der Waals surface area contributed by atoms with Gasteiger partial charge in [0, 0.05) is 4.90 Å². The highest BCUT2D eigenvalue weighted by Gasteiger charge is 2.02. The maximum Gasteiger partial charge on any atom is 0.130 e. The molecule has 0 amide bonds. The molecule has 0 fully saturated rings. The van der Waals surface area contributed by atoms with Gasteiger partial charge in [-0.15, -0.1) is 0 Å². The zero-order valence-electron chi connectivity index (χ0n) is 9.85. The highest BCUT2D eigenvalue weighted by Crippen LogP contribution is 2.28. The third kappa shape index (κ3) is 3.48. The van der Waals surface area contributed by atoms with Gasteiger partial charge in [-0.25, -0.2) is 4.98 Å². The van der Waals surface area contributed by atoms with E-state index < -0.39 is 0 Å². The van der Waals surface area contributed by atoms with E-state index in [1.807, 2.05) is 12.1 Å². The fourth-order valence-electron chi connectivity index (χ4n) is 1.49. The van der Waals surface area contributed by atoms with E-state index in [1.165, 1.54) is 10.5 Å². The fraction of sp³-hybridized carbons (Fsp3) is 0.214. The van der Waals surface area contributed by atoms with Crippen LogP contribution in [0, 0.1) is 0 Å². The lowest BCUT2D eigenvalue weighted by Crippen LogP contribution is -1.86. The SMILES string of the molecule is CC(C)c1ccc(Sc2cccc(Cl)n2)cc1. The lowest BCUT2D eigenvalue weighted by molar-refractivity contribution is 0.865. The summed E-state index contributed by atoms with van der Waals surface area (Å²) in [5, 5.41) is 1.46. The molecule has 0 N–H and O–H groups in total. The molecule has 3 heteroatoms. The Balaban J connectivity index is 2.14. The minimum absolute atomic E-state index is 0.536. The fourth-order valence-corrected chi connectivity index (χ4v) is 2.51. The van der Waals surface area contributed by atoms with E-state index in [2.05, 4.69) is 43.1 Å². The third-order valence-corrected chi connectivity index (χ3v) is 3.61. The summed E-state index contributed by atoms with van der Waals surface area (Å²) in [7, 11) is 0. The summed E-state index contributed by atoms with van der Waals surface area (Å²) in [6, 6.07) is 14.3. The normalized spacial score (nSPS) is 10.8. The second kappa shape index (κ2) is 5.56. The van der Waals surface area contributed by atoms with Crippen LogP contribution in [0.4, 0.5) is 0 Å². The van der Waals surface area contributed by atoms with E-state index >= 15 is 0 Å². The largest absolute Gasteiger partial charge is 0.229 e. The second-order valence-electron chi connectivity index (χ2n) is 4.12. The molecule has 0 bridgehead atoms. The Labute approximate surface area is 111 Å². The summed E-state index contributed by atoms with van der Waals surface area (Å²) in [5.74, 6) is 0.568. The van der Waals surface area contributed by atoms with Crippen LogP contribution in [0.1, 0.15) is 25.3 Å². The van der Waals surface area contributed by atoms with Crippen molar-refractivity contribution in [1.82, 2.24) is 4.98 Å². The van der Waals surface area contributed by atoms with Gasteiger partial charge in [0.2, 0.25) is 0 Å². The Morgan fingerprint density at radius 3 is 2.35 bits per heavy atom. The molecule has 0 radical (unpaired) electrons. The molecule has 0 aliphatic carbocycles. The van der Waals surface area contributed by atoms with Gasteiger partial charge < -0.3 is 0 Å². The van der Waals surface area contributed by atoms with Crippen molar-refractivity contribution < 1.29 is 0 Å². The highest BCUT2D eigenvalue weighted by molar-refractivity contribution is 7.99. The van der Waals surface area contributed by atoms with Crippen molar-refractivity contribution >= 4 is 23.4 Å². The molecule has 88 valence electrons. The minimum atomic E-state index is 0.536. The number of benzene rings is 1. The average molecular weight is 264 g/mol. The van der Waals surface area contributed by atoms with Crippen molar-refractivity contribution in [2.75, 3.05) is 0 Å². The van der Waals surface area contributed by atoms with Gasteiger partial charge in [-0.1, -0.05) is 55.4 Å². The van der Waals surface area contributed by atoms with Gasteiger partial charge in [0.1, 0.15) is 10.2 Å². The van der Waals surface area contributed by atoms with E-state index in [0.717, 1.165) is 5.03 Å². The predicted octanol–water partition coefficient (Wildman–Crippen LogP) is 5.01. The van der Waals surface area contributed by atoms with Gasteiger partial charge in [0.15, 0.2) is 0 Å². The highest BCUT2D eigenvalue weighted by atomic mass is 35.5. The average Bonchev–Trinajstić information content (AvgIpc) is 2.29. The Morgan fingerprint density at radius 1 is 1.06 bits per heavy atom. The predicted molar refractivity (Wildman–Crippen MR) is 73.9 cm³/mol. The van der Waals surface area contributed by atoms with Crippen LogP contribution in [0.15, 0.2) is 52.4 Å². The van der Waals surface area contributed by atoms with Crippen LogP contribution in [-0.4, -0.2) is 4.98 Å². The van der Waals surface area contributed by atoms with E-state index in [-0.39, 0.29) is 0 Å². The molecule has 0 saturated carbocycles. The number of halogens is 1. The van der Waals surface area contributed by atoms with Crippen LogP contribution in [0.3, 0.4) is 0 Å². The van der Waals surface area contributed by atoms with Gasteiger partial charge in [-0.05, 0) is 35.7 Å². The van der Waals surface area contributed by atoms with Crippen LogP contribution in [0.5, 0.6) is 0 Å². The number of rotatable bonds is 3. The number of pyridine rings is 1. The van der Waals surface area contributed by atoms with Crippen LogP contribution in [0.25, 0.3) is 0 Å². The summed E-state index contributed by atoms with van der Waals surface area (Å²) < 4.78 is 0. The molecule has 0 saturated heterocycles. The Kier molecular flexibility index (Phi) is 4.08. The first kappa shape index (κ1) is 12.5. The van der Waals surface area contributed by atoms with Crippen LogP contribution in [0.2, 0.25) is 5.15 Å². The maximum atomic E-state index is 5.85. The molecule has 0 aliphatic rings. The molecule has 0 atom stereocenters. The molecule has 1 aromatic carbocycles. The summed E-state index contributed by atoms with van der Waals surface area (Å²) >= 11 is 7.48. The first-order valence-corrected chi connectivity index (χ1v) is 6.75. The molecule has 0 aliphatic heterocycles. The first-order valence-electron chi connectivity index (χ1n) is 5.55. The monoisotopic (exact) mass is 263 g/mol. The zero-order valence-corrected chi connectivity index (χ0v) is 11.4. The van der Waals surface area contributed by atoms with E-state index in [4.69, 9.17) is 11.6 Å². The molecule has 2 aromatic rings. The van der Waals surface area contributed by atoms with Crippen molar-refractivity contribution in [2.45, 2.75) is 29.7 Å². The van der Waals surface area contributed by atoms with E-state index in [9.17, 15) is 0 Å². The van der Waals surface area contributed by atoms with Gasteiger partial charge >= 0.3 is 0 Å². The smallest absolute Gasteiger partial charge is 0.130 e. The number of hydrogen-bond acceptors (Lipinski definition) is 2. The number of aromatic nitrogens is 1. The lowest BCUT2D eigenvalue weighted by Gasteiger charge is -2.06. The zero-order chi connectivity index (χ0) is 12.3.